The van der Waals surface area contributed by atoms with E-state index >= 15 is 0 Å². The van der Waals surface area contributed by atoms with E-state index in [0.29, 0.717) is 28.8 Å². The second kappa shape index (κ2) is 13.1. The van der Waals surface area contributed by atoms with E-state index in [1.807, 2.05) is 13.8 Å². The first-order valence-corrected chi connectivity index (χ1v) is 10.4. The van der Waals surface area contributed by atoms with Crippen LogP contribution in [0.25, 0.3) is 0 Å². The lowest BCUT2D eigenvalue weighted by Gasteiger charge is -2.45. The van der Waals surface area contributed by atoms with Gasteiger partial charge in [-0.15, -0.1) is 0 Å². The summed E-state index contributed by atoms with van der Waals surface area (Å²) in [6.45, 7) is 2.44. The van der Waals surface area contributed by atoms with Gasteiger partial charge in [0.25, 0.3) is 5.92 Å². The molecule has 1 fully saturated rings. The summed E-state index contributed by atoms with van der Waals surface area (Å²) in [4.78, 5) is 15.0. The molecule has 0 aliphatic heterocycles. The molecule has 0 amide bonds. The average Bonchev–Trinajstić information content (AvgIpc) is 2.77. The molecule has 0 unspecified atom stereocenters. The van der Waals surface area contributed by atoms with E-state index in [9.17, 15) is 22.4 Å². The number of aldehydes is 1. The maximum Gasteiger partial charge on any atom is 0.251 e. The molecule has 7 nitrogen and oxygen atoms in total. The van der Waals surface area contributed by atoms with Gasteiger partial charge in [-0.2, -0.15) is 0 Å². The van der Waals surface area contributed by atoms with Crippen LogP contribution in [0.1, 0.15) is 48.3 Å². The molecule has 1 saturated carbocycles. The Bertz CT molecular complexity index is 944. The van der Waals surface area contributed by atoms with Gasteiger partial charge in [-0.1, -0.05) is 12.1 Å². The highest BCUT2D eigenvalue weighted by Crippen LogP contribution is 2.44. The lowest BCUT2D eigenvalue weighted by Crippen LogP contribution is -2.61. The standard InChI is InChI=1S/C16H16FN3O.C6H11F2NO.CH3FO/c1-10(2)20-14-6-11(9-21)8-19-16(14)15(18)12-4-3-5-13(17)7-12;1-9-5(4-10)2-6(7,8)3-5;2-1-3/h3-10,18,20H,1-2H3;9-10H,2-4H2,1H3;3H,1H2. The zero-order valence-corrected chi connectivity index (χ0v) is 19.2. The zero-order valence-electron chi connectivity index (χ0n) is 19.2. The number of anilines is 1. The van der Waals surface area contributed by atoms with Crippen LogP contribution in [0, 0.1) is 11.2 Å². The number of nitrogens with one attached hydrogen (secondary N) is 3. The minimum atomic E-state index is -2.56. The normalized spacial score (nSPS) is 15.1. The highest BCUT2D eigenvalue weighted by Gasteiger charge is 2.55. The molecule has 0 bridgehead atoms. The van der Waals surface area contributed by atoms with Crippen LogP contribution < -0.4 is 10.6 Å². The Labute approximate surface area is 195 Å². The van der Waals surface area contributed by atoms with Crippen LogP contribution in [0.2, 0.25) is 0 Å². The van der Waals surface area contributed by atoms with Gasteiger partial charge < -0.3 is 20.8 Å². The van der Waals surface area contributed by atoms with Crippen LogP contribution in [-0.4, -0.2) is 65.2 Å². The van der Waals surface area contributed by atoms with Crippen molar-refractivity contribution in [3.05, 3.63) is 59.2 Å². The number of likely N-dealkylation sites (N-methyl/N-ethyl adjacent to an activating group) is 1. The fraction of sp³-hybridized carbons (Fsp3) is 0.435. The summed E-state index contributed by atoms with van der Waals surface area (Å²) in [6.07, 6.45) is 1.62. The first-order chi connectivity index (χ1) is 16.0. The van der Waals surface area contributed by atoms with Crippen molar-refractivity contribution in [3.8, 4) is 0 Å². The van der Waals surface area contributed by atoms with Gasteiger partial charge in [-0.25, -0.2) is 17.6 Å². The average molecular weight is 487 g/mol. The number of aliphatic hydroxyl groups is 2. The third-order valence-corrected chi connectivity index (χ3v) is 4.87. The van der Waals surface area contributed by atoms with E-state index in [2.05, 4.69) is 15.6 Å². The fourth-order valence-electron chi connectivity index (χ4n) is 3.25. The number of halogens is 4. The molecule has 2 aromatic rings. The number of hydrogen-bond donors (Lipinski definition) is 5. The quantitative estimate of drug-likeness (QED) is 0.232. The van der Waals surface area contributed by atoms with Crippen molar-refractivity contribution in [2.75, 3.05) is 25.8 Å². The molecule has 34 heavy (non-hydrogen) atoms. The van der Waals surface area contributed by atoms with E-state index in [4.69, 9.17) is 15.6 Å². The second-order valence-electron chi connectivity index (χ2n) is 7.98. The van der Waals surface area contributed by atoms with Gasteiger partial charge in [-0.05, 0) is 39.1 Å². The van der Waals surface area contributed by atoms with Gasteiger partial charge in [0.15, 0.2) is 13.1 Å². The van der Waals surface area contributed by atoms with Crippen LogP contribution in [0.5, 0.6) is 0 Å². The number of alkyl halides is 3. The zero-order chi connectivity index (χ0) is 25.9. The van der Waals surface area contributed by atoms with E-state index < -0.39 is 24.1 Å². The lowest BCUT2D eigenvalue weighted by molar-refractivity contribution is -0.144. The maximum atomic E-state index is 13.3. The first kappa shape index (κ1) is 29.1. The van der Waals surface area contributed by atoms with Crippen molar-refractivity contribution >= 4 is 17.7 Å². The molecule has 5 N–H and O–H groups in total. The molecule has 0 saturated heterocycles. The van der Waals surface area contributed by atoms with Crippen molar-refractivity contribution < 1.29 is 32.6 Å². The molecule has 1 aromatic heterocycles. The second-order valence-corrected chi connectivity index (χ2v) is 7.98. The Morgan fingerprint density at radius 1 is 1.26 bits per heavy atom. The molecule has 11 heteroatoms. The summed E-state index contributed by atoms with van der Waals surface area (Å²) in [5, 5.41) is 29.6. The van der Waals surface area contributed by atoms with Gasteiger partial charge >= 0.3 is 0 Å². The predicted molar refractivity (Wildman–Crippen MR) is 122 cm³/mol. The molecule has 1 heterocycles. The van der Waals surface area contributed by atoms with Crippen molar-refractivity contribution in [1.29, 1.82) is 5.41 Å². The molecular weight excluding hydrogens is 456 g/mol. The molecule has 0 spiro atoms. The summed E-state index contributed by atoms with van der Waals surface area (Å²) in [5.74, 6) is -2.97. The summed E-state index contributed by atoms with van der Waals surface area (Å²) < 4.78 is 47.7. The number of hydrogen-bond acceptors (Lipinski definition) is 7. The van der Waals surface area contributed by atoms with Crippen LogP contribution in [0.15, 0.2) is 36.5 Å². The summed E-state index contributed by atoms with van der Waals surface area (Å²) in [5.41, 5.74) is 1.24. The van der Waals surface area contributed by atoms with Crippen molar-refractivity contribution in [2.45, 2.75) is 44.2 Å². The SMILES string of the molecule is CC(C)Nc1cc(C=O)cnc1C(=N)c1cccc(F)c1.CNC1(CO)CC(F)(F)C1.OCF. The number of benzene rings is 1. The topological polar surface area (TPSA) is 118 Å². The summed E-state index contributed by atoms with van der Waals surface area (Å²) >= 11 is 0. The molecule has 1 aromatic carbocycles. The van der Waals surface area contributed by atoms with Gasteiger partial charge in [0, 0.05) is 36.2 Å². The molecule has 0 atom stereocenters. The Morgan fingerprint density at radius 3 is 2.29 bits per heavy atom. The lowest BCUT2D eigenvalue weighted by atomic mass is 9.74. The van der Waals surface area contributed by atoms with E-state index in [1.54, 1.807) is 25.2 Å². The molecule has 188 valence electrons. The largest absolute Gasteiger partial charge is 0.394 e. The van der Waals surface area contributed by atoms with Crippen molar-refractivity contribution in [1.82, 2.24) is 10.3 Å². The number of carbonyl (C=O) groups excluding carboxylic acids is 1. The van der Waals surface area contributed by atoms with Crippen molar-refractivity contribution in [2.24, 2.45) is 0 Å². The van der Waals surface area contributed by atoms with E-state index in [-0.39, 0.29) is 31.2 Å². The Morgan fingerprint density at radius 2 is 1.88 bits per heavy atom. The third-order valence-electron chi connectivity index (χ3n) is 4.87. The number of aromatic nitrogens is 1. The van der Waals surface area contributed by atoms with Crippen LogP contribution in [0.4, 0.5) is 23.2 Å². The highest BCUT2D eigenvalue weighted by atomic mass is 19.3. The van der Waals surface area contributed by atoms with E-state index in [1.165, 1.54) is 18.3 Å². The smallest absolute Gasteiger partial charge is 0.251 e. The molecule has 3 rings (SSSR count). The van der Waals surface area contributed by atoms with Crippen LogP contribution >= 0.6 is 0 Å². The summed E-state index contributed by atoms with van der Waals surface area (Å²) in [7, 11) is 1.59. The number of aliphatic hydroxyl groups excluding tert-OH is 2. The van der Waals surface area contributed by atoms with Gasteiger partial charge in [0.05, 0.1) is 23.5 Å². The van der Waals surface area contributed by atoms with E-state index in [0.717, 1.165) is 0 Å². The van der Waals surface area contributed by atoms with Gasteiger partial charge in [0.1, 0.15) is 11.5 Å². The molecule has 1 aliphatic rings. The predicted octanol–water partition coefficient (Wildman–Crippen LogP) is 3.54. The Hall–Kier alpha value is -2.89. The number of nitrogens with zero attached hydrogens (tertiary/aromatic N) is 1. The number of pyridine rings is 1. The molecule has 1 aliphatic carbocycles. The van der Waals surface area contributed by atoms with Crippen LogP contribution in [0.3, 0.4) is 0 Å². The third kappa shape index (κ3) is 8.47. The van der Waals surface area contributed by atoms with Crippen LogP contribution in [-0.2, 0) is 0 Å². The Balaban J connectivity index is 0.000000369. The van der Waals surface area contributed by atoms with Crippen molar-refractivity contribution in [3.63, 3.8) is 0 Å². The summed E-state index contributed by atoms with van der Waals surface area (Å²) in [6, 6.07) is 7.58. The molecule has 0 radical (unpaired) electrons. The number of rotatable bonds is 7. The minimum Gasteiger partial charge on any atom is -0.394 e. The van der Waals surface area contributed by atoms with Gasteiger partial charge in [0.2, 0.25) is 0 Å². The Kier molecular flexibility index (Phi) is 11.2. The first-order valence-electron chi connectivity index (χ1n) is 10.4. The highest BCUT2D eigenvalue weighted by molar-refractivity contribution is 6.12. The fourth-order valence-corrected chi connectivity index (χ4v) is 3.25. The molecular formula is C23H30F4N4O3. The maximum absolute atomic E-state index is 13.3. The number of carbonyl (C=O) groups is 1. The minimum absolute atomic E-state index is 0.107. The van der Waals surface area contributed by atoms with Gasteiger partial charge in [-0.3, -0.25) is 15.2 Å². The monoisotopic (exact) mass is 486 g/mol.